The Morgan fingerprint density at radius 2 is 2.20 bits per heavy atom. The minimum atomic E-state index is 0.616. The molecule has 1 N–H and O–H groups in total. The van der Waals surface area contributed by atoms with Gasteiger partial charge in [0.05, 0.1) is 5.69 Å². The van der Waals surface area contributed by atoms with E-state index >= 15 is 0 Å². The van der Waals surface area contributed by atoms with Gasteiger partial charge in [-0.2, -0.15) is 0 Å². The summed E-state index contributed by atoms with van der Waals surface area (Å²) in [6.07, 6.45) is 5.47. The standard InChI is InChI=1S/C12H21N3/c1-4-6-11(5-2)14-9-12-7-8-13-10(3)15-12/h7-8,11,14H,4-6,9H2,1-3H3. The fourth-order valence-electron chi connectivity index (χ4n) is 1.65. The van der Waals surface area contributed by atoms with E-state index in [2.05, 4.69) is 29.1 Å². The van der Waals surface area contributed by atoms with Crippen molar-refractivity contribution in [1.29, 1.82) is 0 Å². The quantitative estimate of drug-likeness (QED) is 0.778. The minimum absolute atomic E-state index is 0.616. The second-order valence-electron chi connectivity index (χ2n) is 3.87. The zero-order valence-electron chi connectivity index (χ0n) is 9.95. The van der Waals surface area contributed by atoms with Crippen LogP contribution in [0.15, 0.2) is 12.3 Å². The Labute approximate surface area is 92.3 Å². The molecule has 1 rings (SSSR count). The molecule has 0 aromatic carbocycles. The molecule has 15 heavy (non-hydrogen) atoms. The van der Waals surface area contributed by atoms with Crippen LogP contribution in [0.5, 0.6) is 0 Å². The average molecular weight is 207 g/mol. The fraction of sp³-hybridized carbons (Fsp3) is 0.667. The third-order valence-corrected chi connectivity index (χ3v) is 2.54. The summed E-state index contributed by atoms with van der Waals surface area (Å²) in [6.45, 7) is 7.21. The van der Waals surface area contributed by atoms with E-state index in [1.54, 1.807) is 0 Å². The van der Waals surface area contributed by atoms with E-state index in [1.165, 1.54) is 19.3 Å². The van der Waals surface area contributed by atoms with Crippen molar-refractivity contribution in [2.45, 2.75) is 52.6 Å². The van der Waals surface area contributed by atoms with Crippen molar-refractivity contribution >= 4 is 0 Å². The molecule has 1 aromatic heterocycles. The Hall–Kier alpha value is -0.960. The second kappa shape index (κ2) is 6.51. The van der Waals surface area contributed by atoms with Crippen molar-refractivity contribution in [1.82, 2.24) is 15.3 Å². The third-order valence-electron chi connectivity index (χ3n) is 2.54. The van der Waals surface area contributed by atoms with E-state index in [0.29, 0.717) is 6.04 Å². The topological polar surface area (TPSA) is 37.8 Å². The number of nitrogens with zero attached hydrogens (tertiary/aromatic N) is 2. The Kier molecular flexibility index (Phi) is 5.26. The highest BCUT2D eigenvalue weighted by Gasteiger charge is 2.04. The van der Waals surface area contributed by atoms with Crippen LogP contribution in [0.3, 0.4) is 0 Å². The zero-order chi connectivity index (χ0) is 11.1. The first-order valence-electron chi connectivity index (χ1n) is 5.78. The van der Waals surface area contributed by atoms with Gasteiger partial charge in [0, 0.05) is 18.8 Å². The maximum absolute atomic E-state index is 4.37. The number of rotatable bonds is 6. The van der Waals surface area contributed by atoms with Crippen LogP contribution in [0.1, 0.15) is 44.6 Å². The van der Waals surface area contributed by atoms with Gasteiger partial charge in [0.2, 0.25) is 0 Å². The van der Waals surface area contributed by atoms with Crippen LogP contribution in [0.25, 0.3) is 0 Å². The molecule has 3 nitrogen and oxygen atoms in total. The van der Waals surface area contributed by atoms with Gasteiger partial charge < -0.3 is 5.32 Å². The van der Waals surface area contributed by atoms with E-state index in [4.69, 9.17) is 0 Å². The van der Waals surface area contributed by atoms with Crippen LogP contribution in [-0.2, 0) is 6.54 Å². The van der Waals surface area contributed by atoms with Gasteiger partial charge in [0.25, 0.3) is 0 Å². The van der Waals surface area contributed by atoms with Crippen LogP contribution in [-0.4, -0.2) is 16.0 Å². The minimum Gasteiger partial charge on any atom is -0.308 e. The van der Waals surface area contributed by atoms with Gasteiger partial charge in [0.15, 0.2) is 0 Å². The lowest BCUT2D eigenvalue weighted by molar-refractivity contribution is 0.459. The molecule has 0 aliphatic rings. The molecule has 0 radical (unpaired) electrons. The fourth-order valence-corrected chi connectivity index (χ4v) is 1.65. The smallest absolute Gasteiger partial charge is 0.125 e. The van der Waals surface area contributed by atoms with E-state index in [-0.39, 0.29) is 0 Å². The van der Waals surface area contributed by atoms with E-state index in [1.807, 2.05) is 19.2 Å². The monoisotopic (exact) mass is 207 g/mol. The van der Waals surface area contributed by atoms with Crippen molar-refractivity contribution in [2.24, 2.45) is 0 Å². The third kappa shape index (κ3) is 4.38. The van der Waals surface area contributed by atoms with Gasteiger partial charge in [-0.1, -0.05) is 20.3 Å². The van der Waals surface area contributed by atoms with Crippen LogP contribution in [0, 0.1) is 6.92 Å². The first-order chi connectivity index (χ1) is 7.26. The van der Waals surface area contributed by atoms with Gasteiger partial charge in [-0.15, -0.1) is 0 Å². The van der Waals surface area contributed by atoms with Gasteiger partial charge in [0.1, 0.15) is 5.82 Å². The number of aryl methyl sites for hydroxylation is 1. The summed E-state index contributed by atoms with van der Waals surface area (Å²) >= 11 is 0. The first kappa shape index (κ1) is 12.1. The summed E-state index contributed by atoms with van der Waals surface area (Å²) in [5.74, 6) is 0.845. The van der Waals surface area contributed by atoms with E-state index < -0.39 is 0 Å². The molecule has 0 amide bonds. The van der Waals surface area contributed by atoms with Gasteiger partial charge in [-0.25, -0.2) is 9.97 Å². The lowest BCUT2D eigenvalue weighted by Gasteiger charge is -2.15. The lowest BCUT2D eigenvalue weighted by atomic mass is 10.1. The van der Waals surface area contributed by atoms with Crippen molar-refractivity contribution in [3.05, 3.63) is 23.8 Å². The molecule has 0 saturated heterocycles. The second-order valence-corrected chi connectivity index (χ2v) is 3.87. The molecule has 0 fully saturated rings. The first-order valence-corrected chi connectivity index (χ1v) is 5.78. The molecule has 84 valence electrons. The van der Waals surface area contributed by atoms with Crippen molar-refractivity contribution in [3.63, 3.8) is 0 Å². The number of aromatic nitrogens is 2. The van der Waals surface area contributed by atoms with E-state index in [9.17, 15) is 0 Å². The molecule has 0 saturated carbocycles. The Balaban J connectivity index is 2.41. The van der Waals surface area contributed by atoms with Crippen LogP contribution >= 0.6 is 0 Å². The van der Waals surface area contributed by atoms with Crippen LogP contribution in [0.2, 0.25) is 0 Å². The summed E-state index contributed by atoms with van der Waals surface area (Å²) in [4.78, 5) is 8.45. The molecule has 0 aliphatic heterocycles. The maximum Gasteiger partial charge on any atom is 0.125 e. The van der Waals surface area contributed by atoms with Crippen molar-refractivity contribution in [3.8, 4) is 0 Å². The summed E-state index contributed by atoms with van der Waals surface area (Å²) < 4.78 is 0. The molecule has 0 bridgehead atoms. The SMILES string of the molecule is CCCC(CC)NCc1ccnc(C)n1. The molecule has 1 heterocycles. The molecule has 1 unspecified atom stereocenters. The Morgan fingerprint density at radius 1 is 1.40 bits per heavy atom. The van der Waals surface area contributed by atoms with Gasteiger partial charge in [-0.3, -0.25) is 0 Å². The van der Waals surface area contributed by atoms with Crippen LogP contribution in [0.4, 0.5) is 0 Å². The number of hydrogen-bond acceptors (Lipinski definition) is 3. The normalized spacial score (nSPS) is 12.7. The van der Waals surface area contributed by atoms with Crippen molar-refractivity contribution < 1.29 is 0 Å². The molecular formula is C12H21N3. The molecule has 3 heteroatoms. The molecule has 0 spiro atoms. The highest BCUT2D eigenvalue weighted by molar-refractivity contribution is 5.01. The number of hydrogen-bond donors (Lipinski definition) is 1. The summed E-state index contributed by atoms with van der Waals surface area (Å²) in [6, 6.07) is 2.59. The highest BCUT2D eigenvalue weighted by Crippen LogP contribution is 2.02. The van der Waals surface area contributed by atoms with Gasteiger partial charge >= 0.3 is 0 Å². The molecule has 1 atom stereocenters. The zero-order valence-corrected chi connectivity index (χ0v) is 9.95. The van der Waals surface area contributed by atoms with Crippen molar-refractivity contribution in [2.75, 3.05) is 0 Å². The van der Waals surface area contributed by atoms with Gasteiger partial charge in [-0.05, 0) is 25.8 Å². The molecular weight excluding hydrogens is 186 g/mol. The van der Waals surface area contributed by atoms with Crippen LogP contribution < -0.4 is 5.32 Å². The number of nitrogens with one attached hydrogen (secondary N) is 1. The van der Waals surface area contributed by atoms with E-state index in [0.717, 1.165) is 18.1 Å². The Bertz CT molecular complexity index is 286. The Morgan fingerprint density at radius 3 is 2.80 bits per heavy atom. The predicted molar refractivity (Wildman–Crippen MR) is 62.6 cm³/mol. The largest absolute Gasteiger partial charge is 0.308 e. The highest BCUT2D eigenvalue weighted by atomic mass is 14.9. The lowest BCUT2D eigenvalue weighted by Crippen LogP contribution is -2.28. The summed E-state index contributed by atoms with van der Waals surface area (Å²) in [5, 5.41) is 3.52. The molecule has 0 aliphatic carbocycles. The summed E-state index contributed by atoms with van der Waals surface area (Å²) in [5.41, 5.74) is 1.08. The average Bonchev–Trinajstić information content (AvgIpc) is 2.24. The predicted octanol–water partition coefficient (Wildman–Crippen LogP) is 2.45. The summed E-state index contributed by atoms with van der Waals surface area (Å²) in [7, 11) is 0. The molecule has 1 aromatic rings. The maximum atomic E-state index is 4.37.